The lowest BCUT2D eigenvalue weighted by molar-refractivity contribution is -0.131. The van der Waals surface area contributed by atoms with Gasteiger partial charge >= 0.3 is 5.97 Å². The van der Waals surface area contributed by atoms with Crippen LogP contribution in [0.3, 0.4) is 0 Å². The number of carboxylic acid groups (broad SMARTS) is 1. The Kier molecular flexibility index (Phi) is 3.71. The van der Waals surface area contributed by atoms with Crippen LogP contribution >= 0.6 is 0 Å². The molecule has 2 nitrogen and oxygen atoms in total. The Hall–Kier alpha value is -2.49. The number of carbonyl (C=O) groups is 1. The summed E-state index contributed by atoms with van der Waals surface area (Å²) in [6.07, 6.45) is 2.13. The van der Waals surface area contributed by atoms with Gasteiger partial charge in [-0.25, -0.2) is 13.6 Å². The summed E-state index contributed by atoms with van der Waals surface area (Å²) in [7, 11) is 0. The number of aliphatic carboxylic acids is 1. The Balaban J connectivity index is 2.57. The fourth-order valence-electron chi connectivity index (χ4n) is 1.76. The molecule has 0 atom stereocenters. The highest BCUT2D eigenvalue weighted by Gasteiger charge is 2.09. The molecule has 0 heterocycles. The van der Waals surface area contributed by atoms with Crippen molar-refractivity contribution in [3.05, 3.63) is 65.7 Å². The van der Waals surface area contributed by atoms with Gasteiger partial charge in [-0.15, -0.1) is 0 Å². The largest absolute Gasteiger partial charge is 0.478 e. The van der Waals surface area contributed by atoms with E-state index < -0.39 is 17.6 Å². The van der Waals surface area contributed by atoms with Crippen molar-refractivity contribution in [1.29, 1.82) is 0 Å². The number of hydrogen-bond donors (Lipinski definition) is 1. The van der Waals surface area contributed by atoms with E-state index in [2.05, 4.69) is 0 Å². The molecule has 0 bridgehead atoms. The van der Waals surface area contributed by atoms with Gasteiger partial charge in [-0.2, -0.15) is 0 Å². The first-order valence-electron chi connectivity index (χ1n) is 5.53. The summed E-state index contributed by atoms with van der Waals surface area (Å²) in [6.45, 7) is 0. The number of halogens is 2. The summed E-state index contributed by atoms with van der Waals surface area (Å²) in [6, 6.07) is 9.86. The Morgan fingerprint density at radius 2 is 1.79 bits per heavy atom. The van der Waals surface area contributed by atoms with Crippen LogP contribution in [0.4, 0.5) is 8.78 Å². The van der Waals surface area contributed by atoms with Crippen LogP contribution in [0, 0.1) is 11.6 Å². The number of carboxylic acids is 1. The second-order valence-corrected chi connectivity index (χ2v) is 3.88. The van der Waals surface area contributed by atoms with Crippen LogP contribution in [0.1, 0.15) is 5.56 Å². The average molecular weight is 260 g/mol. The zero-order valence-electron chi connectivity index (χ0n) is 9.81. The van der Waals surface area contributed by atoms with Crippen molar-refractivity contribution < 1.29 is 18.7 Å². The molecule has 0 fully saturated rings. The van der Waals surface area contributed by atoms with E-state index in [1.54, 1.807) is 18.2 Å². The Morgan fingerprint density at radius 1 is 1.05 bits per heavy atom. The van der Waals surface area contributed by atoms with E-state index in [0.29, 0.717) is 16.7 Å². The molecule has 1 N–H and O–H groups in total. The van der Waals surface area contributed by atoms with Gasteiger partial charge in [0.1, 0.15) is 11.6 Å². The fraction of sp³-hybridized carbons (Fsp3) is 0. The van der Waals surface area contributed by atoms with Crippen molar-refractivity contribution in [2.45, 2.75) is 0 Å². The van der Waals surface area contributed by atoms with Crippen LogP contribution in [-0.4, -0.2) is 11.1 Å². The molecule has 0 amide bonds. The maximum Gasteiger partial charge on any atom is 0.328 e. The molecule has 2 rings (SSSR count). The van der Waals surface area contributed by atoms with Gasteiger partial charge in [-0.3, -0.25) is 0 Å². The zero-order valence-corrected chi connectivity index (χ0v) is 9.81. The molecule has 96 valence electrons. The molecular weight excluding hydrogens is 250 g/mol. The molecule has 0 saturated heterocycles. The lowest BCUT2D eigenvalue weighted by Gasteiger charge is -2.07. The molecule has 0 aliphatic rings. The minimum Gasteiger partial charge on any atom is -0.478 e. The van der Waals surface area contributed by atoms with Crippen LogP contribution in [0.25, 0.3) is 17.2 Å². The lowest BCUT2D eigenvalue weighted by atomic mass is 9.98. The highest BCUT2D eigenvalue weighted by molar-refractivity contribution is 5.87. The molecule has 0 aliphatic heterocycles. The number of benzene rings is 2. The smallest absolute Gasteiger partial charge is 0.328 e. The van der Waals surface area contributed by atoms with E-state index in [9.17, 15) is 13.6 Å². The van der Waals surface area contributed by atoms with E-state index in [4.69, 9.17) is 5.11 Å². The van der Waals surface area contributed by atoms with Gasteiger partial charge in [0.25, 0.3) is 0 Å². The maximum atomic E-state index is 13.7. The molecule has 2 aromatic rings. The van der Waals surface area contributed by atoms with Gasteiger partial charge in [0.15, 0.2) is 0 Å². The van der Waals surface area contributed by atoms with E-state index in [1.165, 1.54) is 30.3 Å². The van der Waals surface area contributed by atoms with Gasteiger partial charge in [-0.1, -0.05) is 24.3 Å². The SMILES string of the molecule is O=C(O)/C=C/c1cc(F)ccc1-c1ccccc1F. The number of rotatable bonds is 3. The normalized spacial score (nSPS) is 10.8. The van der Waals surface area contributed by atoms with Gasteiger partial charge in [-0.05, 0) is 35.4 Å². The van der Waals surface area contributed by atoms with E-state index >= 15 is 0 Å². The van der Waals surface area contributed by atoms with Crippen molar-refractivity contribution in [2.24, 2.45) is 0 Å². The van der Waals surface area contributed by atoms with Crippen LogP contribution in [0.15, 0.2) is 48.5 Å². The summed E-state index contributed by atoms with van der Waals surface area (Å²) < 4.78 is 26.9. The first-order chi connectivity index (χ1) is 9.08. The Labute approximate surface area is 108 Å². The predicted molar refractivity (Wildman–Crippen MR) is 68.5 cm³/mol. The fourth-order valence-corrected chi connectivity index (χ4v) is 1.76. The van der Waals surface area contributed by atoms with E-state index in [1.807, 2.05) is 0 Å². The Bertz CT molecular complexity index is 648. The Morgan fingerprint density at radius 3 is 2.47 bits per heavy atom. The average Bonchev–Trinajstić information content (AvgIpc) is 2.37. The first-order valence-corrected chi connectivity index (χ1v) is 5.53. The van der Waals surface area contributed by atoms with Crippen molar-refractivity contribution >= 4 is 12.0 Å². The summed E-state index contributed by atoms with van der Waals surface area (Å²) in [5.41, 5.74) is 1.05. The minimum absolute atomic E-state index is 0.299. The van der Waals surface area contributed by atoms with E-state index in [0.717, 1.165) is 6.08 Å². The molecule has 0 aromatic heterocycles. The molecule has 19 heavy (non-hydrogen) atoms. The van der Waals surface area contributed by atoms with Gasteiger partial charge in [0, 0.05) is 11.6 Å². The van der Waals surface area contributed by atoms with Crippen LogP contribution in [-0.2, 0) is 4.79 Å². The van der Waals surface area contributed by atoms with Crippen LogP contribution < -0.4 is 0 Å². The molecule has 0 unspecified atom stereocenters. The molecule has 4 heteroatoms. The predicted octanol–water partition coefficient (Wildman–Crippen LogP) is 3.73. The molecular formula is C15H10F2O2. The zero-order chi connectivity index (χ0) is 13.8. The van der Waals surface area contributed by atoms with Gasteiger partial charge < -0.3 is 5.11 Å². The second-order valence-electron chi connectivity index (χ2n) is 3.88. The van der Waals surface area contributed by atoms with E-state index in [-0.39, 0.29) is 0 Å². The standard InChI is InChI=1S/C15H10F2O2/c16-11-6-7-12(10(9-11)5-8-15(18)19)13-3-1-2-4-14(13)17/h1-9H,(H,18,19)/b8-5+. The van der Waals surface area contributed by atoms with Crippen molar-refractivity contribution in [2.75, 3.05) is 0 Å². The summed E-state index contributed by atoms with van der Waals surface area (Å²) in [4.78, 5) is 10.5. The topological polar surface area (TPSA) is 37.3 Å². The highest BCUT2D eigenvalue weighted by Crippen LogP contribution is 2.27. The minimum atomic E-state index is -1.15. The maximum absolute atomic E-state index is 13.7. The van der Waals surface area contributed by atoms with Gasteiger partial charge in [0.2, 0.25) is 0 Å². The van der Waals surface area contributed by atoms with Crippen molar-refractivity contribution in [3.8, 4) is 11.1 Å². The molecule has 0 aliphatic carbocycles. The monoisotopic (exact) mass is 260 g/mol. The molecule has 0 radical (unpaired) electrons. The first kappa shape index (κ1) is 13.0. The van der Waals surface area contributed by atoms with Crippen LogP contribution in [0.5, 0.6) is 0 Å². The lowest BCUT2D eigenvalue weighted by Crippen LogP contribution is -1.91. The third-order valence-electron chi connectivity index (χ3n) is 2.58. The highest BCUT2D eigenvalue weighted by atomic mass is 19.1. The van der Waals surface area contributed by atoms with Gasteiger partial charge in [0.05, 0.1) is 0 Å². The second kappa shape index (κ2) is 5.44. The van der Waals surface area contributed by atoms with Crippen molar-refractivity contribution in [1.82, 2.24) is 0 Å². The quantitative estimate of drug-likeness (QED) is 0.854. The van der Waals surface area contributed by atoms with Crippen molar-refractivity contribution in [3.63, 3.8) is 0 Å². The third-order valence-corrected chi connectivity index (χ3v) is 2.58. The van der Waals surface area contributed by atoms with Crippen LogP contribution in [0.2, 0.25) is 0 Å². The summed E-state index contributed by atoms with van der Waals surface area (Å²) in [5, 5.41) is 8.61. The number of hydrogen-bond acceptors (Lipinski definition) is 1. The molecule has 2 aromatic carbocycles. The third kappa shape index (κ3) is 3.04. The molecule has 0 saturated carbocycles. The summed E-state index contributed by atoms with van der Waals surface area (Å²) in [5.74, 6) is -2.10. The summed E-state index contributed by atoms with van der Waals surface area (Å²) >= 11 is 0. The molecule has 0 spiro atoms.